The van der Waals surface area contributed by atoms with E-state index in [4.69, 9.17) is 18.9 Å². The van der Waals surface area contributed by atoms with E-state index in [1.165, 1.54) is 11.1 Å². The van der Waals surface area contributed by atoms with Gasteiger partial charge in [-0.3, -0.25) is 4.90 Å². The number of benzene rings is 2. The average molecular weight is 371 g/mol. The first-order valence-corrected chi connectivity index (χ1v) is 9.12. The summed E-state index contributed by atoms with van der Waals surface area (Å²) in [4.78, 5) is 2.35. The first-order chi connectivity index (χ1) is 13.2. The maximum absolute atomic E-state index is 9.98. The summed E-state index contributed by atoms with van der Waals surface area (Å²) in [5.74, 6) is 2.87. The molecule has 0 saturated heterocycles. The lowest BCUT2D eigenvalue weighted by Crippen LogP contribution is -2.33. The highest BCUT2D eigenvalue weighted by atomic mass is 16.7. The van der Waals surface area contributed by atoms with E-state index >= 15 is 0 Å². The minimum Gasteiger partial charge on any atom is -0.493 e. The smallest absolute Gasteiger partial charge is 0.231 e. The van der Waals surface area contributed by atoms with Crippen molar-refractivity contribution in [2.45, 2.75) is 25.5 Å². The van der Waals surface area contributed by atoms with Crippen LogP contribution in [0.5, 0.6) is 23.0 Å². The van der Waals surface area contributed by atoms with Crippen molar-refractivity contribution in [2.24, 2.45) is 0 Å². The molecule has 0 amide bonds. The van der Waals surface area contributed by atoms with Crippen molar-refractivity contribution in [3.63, 3.8) is 0 Å². The van der Waals surface area contributed by atoms with E-state index in [1.807, 2.05) is 12.1 Å². The average Bonchev–Trinajstić information content (AvgIpc) is 3.15. The van der Waals surface area contributed by atoms with Gasteiger partial charge in [-0.25, -0.2) is 0 Å². The third kappa shape index (κ3) is 3.09. The molecule has 144 valence electrons. The zero-order valence-corrected chi connectivity index (χ0v) is 15.9. The Morgan fingerprint density at radius 2 is 1.93 bits per heavy atom. The fraction of sp³-hybridized carbons (Fsp3) is 0.429. The largest absolute Gasteiger partial charge is 0.493 e. The summed E-state index contributed by atoms with van der Waals surface area (Å²) >= 11 is 0. The number of rotatable bonds is 5. The van der Waals surface area contributed by atoms with E-state index in [9.17, 15) is 5.11 Å². The summed E-state index contributed by atoms with van der Waals surface area (Å²) in [6, 6.07) is 8.32. The molecule has 0 saturated carbocycles. The Hall–Kier alpha value is -2.44. The molecule has 2 heterocycles. The van der Waals surface area contributed by atoms with Gasteiger partial charge in [-0.05, 0) is 54.8 Å². The molecule has 4 rings (SSSR count). The van der Waals surface area contributed by atoms with E-state index in [0.29, 0.717) is 11.5 Å². The molecule has 0 unspecified atom stereocenters. The molecule has 2 aliphatic rings. The van der Waals surface area contributed by atoms with Crippen LogP contribution in [-0.4, -0.2) is 44.6 Å². The molecule has 0 fully saturated rings. The first kappa shape index (κ1) is 17.9. The maximum Gasteiger partial charge on any atom is 0.231 e. The molecule has 2 aromatic carbocycles. The third-order valence-electron chi connectivity index (χ3n) is 5.58. The molecule has 0 radical (unpaired) electrons. The number of aliphatic hydroxyl groups excluding tert-OH is 1. The number of aliphatic hydroxyl groups is 1. The highest BCUT2D eigenvalue weighted by Crippen LogP contribution is 2.42. The van der Waals surface area contributed by atoms with Crippen molar-refractivity contribution < 1.29 is 24.1 Å². The number of nitrogens with zero attached hydrogens (tertiary/aromatic N) is 1. The van der Waals surface area contributed by atoms with Gasteiger partial charge >= 0.3 is 0 Å². The minimum absolute atomic E-state index is 0.0971. The van der Waals surface area contributed by atoms with Crippen LogP contribution in [0.4, 0.5) is 0 Å². The van der Waals surface area contributed by atoms with Gasteiger partial charge in [-0.2, -0.15) is 0 Å². The van der Waals surface area contributed by atoms with Crippen LogP contribution in [0.25, 0.3) is 0 Å². The zero-order chi connectivity index (χ0) is 19.0. The van der Waals surface area contributed by atoms with Crippen LogP contribution in [-0.2, 0) is 19.4 Å². The van der Waals surface area contributed by atoms with Crippen molar-refractivity contribution >= 4 is 0 Å². The van der Waals surface area contributed by atoms with E-state index in [1.54, 1.807) is 14.2 Å². The van der Waals surface area contributed by atoms with Crippen LogP contribution in [0.15, 0.2) is 24.3 Å². The Kier molecular flexibility index (Phi) is 4.85. The highest BCUT2D eigenvalue weighted by Gasteiger charge is 2.29. The predicted octanol–water partition coefficient (Wildman–Crippen LogP) is 2.70. The second-order valence-electron chi connectivity index (χ2n) is 6.95. The van der Waals surface area contributed by atoms with Crippen molar-refractivity contribution in [3.8, 4) is 23.0 Å². The lowest BCUT2D eigenvalue weighted by molar-refractivity contribution is 0.174. The van der Waals surface area contributed by atoms with Crippen LogP contribution >= 0.6 is 0 Å². The molecule has 0 spiro atoms. The number of fused-ring (bicyclic) bond motifs is 2. The lowest BCUT2D eigenvalue weighted by atomic mass is 9.87. The Bertz CT molecular complexity index is 851. The lowest BCUT2D eigenvalue weighted by Gasteiger charge is -2.35. The molecule has 2 aliphatic heterocycles. The quantitative estimate of drug-likeness (QED) is 0.872. The third-order valence-corrected chi connectivity index (χ3v) is 5.58. The monoisotopic (exact) mass is 371 g/mol. The van der Waals surface area contributed by atoms with Gasteiger partial charge in [0.25, 0.3) is 0 Å². The van der Waals surface area contributed by atoms with Crippen LogP contribution in [0.3, 0.4) is 0 Å². The van der Waals surface area contributed by atoms with Crippen LogP contribution < -0.4 is 18.9 Å². The van der Waals surface area contributed by atoms with Crippen molar-refractivity contribution in [2.75, 3.05) is 34.6 Å². The molecule has 0 aliphatic carbocycles. The van der Waals surface area contributed by atoms with Crippen LogP contribution in [0.2, 0.25) is 0 Å². The summed E-state index contributed by atoms with van der Waals surface area (Å²) < 4.78 is 22.0. The van der Waals surface area contributed by atoms with E-state index in [2.05, 4.69) is 24.1 Å². The summed E-state index contributed by atoms with van der Waals surface area (Å²) in [5, 5.41) is 9.98. The number of hydrogen-bond donors (Lipinski definition) is 1. The minimum atomic E-state index is -0.0971. The molecule has 1 atom stereocenters. The van der Waals surface area contributed by atoms with Gasteiger partial charge in [0.05, 0.1) is 20.8 Å². The Morgan fingerprint density at radius 1 is 1.15 bits per heavy atom. The Labute approximate surface area is 159 Å². The zero-order valence-electron chi connectivity index (χ0n) is 15.9. The topological polar surface area (TPSA) is 60.4 Å². The molecule has 1 N–H and O–H groups in total. The number of hydrogen-bond acceptors (Lipinski definition) is 6. The van der Waals surface area contributed by atoms with Gasteiger partial charge in [0.15, 0.2) is 23.0 Å². The van der Waals surface area contributed by atoms with E-state index in [-0.39, 0.29) is 19.4 Å². The van der Waals surface area contributed by atoms with Crippen molar-refractivity contribution in [1.29, 1.82) is 0 Å². The Balaban J connectivity index is 1.73. The highest BCUT2D eigenvalue weighted by molar-refractivity contribution is 5.53. The number of likely N-dealkylation sites (N-methyl/N-ethyl adjacent to an activating group) is 1. The molecule has 0 aromatic heterocycles. The van der Waals surface area contributed by atoms with E-state index in [0.717, 1.165) is 42.0 Å². The Morgan fingerprint density at radius 3 is 2.63 bits per heavy atom. The predicted molar refractivity (Wildman–Crippen MR) is 101 cm³/mol. The first-order valence-electron chi connectivity index (χ1n) is 9.12. The summed E-state index contributed by atoms with van der Waals surface area (Å²) in [5.41, 5.74) is 4.38. The van der Waals surface area contributed by atoms with Crippen LogP contribution in [0, 0.1) is 0 Å². The molecular weight excluding hydrogens is 346 g/mol. The molecule has 2 aromatic rings. The number of ether oxygens (including phenoxy) is 4. The molecule has 6 nitrogen and oxygen atoms in total. The summed E-state index contributed by atoms with van der Waals surface area (Å²) in [7, 11) is 5.34. The maximum atomic E-state index is 9.98. The summed E-state index contributed by atoms with van der Waals surface area (Å²) in [6.45, 7) is 1.16. The van der Waals surface area contributed by atoms with Gasteiger partial charge < -0.3 is 24.1 Å². The van der Waals surface area contributed by atoms with Gasteiger partial charge in [-0.15, -0.1) is 0 Å². The second kappa shape index (κ2) is 7.29. The standard InChI is InChI=1S/C21H25NO5/c1-22-7-6-14-9-19-20(27-12-26-19)10-15(14)17(22)8-13-4-5-18(24-2)21(25-3)16(13)11-23/h4-5,9-10,17,23H,6-8,11-12H2,1-3H3/t17-/m0/s1. The number of methoxy groups -OCH3 is 2. The molecular formula is C21H25NO5. The van der Waals surface area contributed by atoms with E-state index < -0.39 is 0 Å². The normalized spacial score (nSPS) is 18.3. The fourth-order valence-corrected chi connectivity index (χ4v) is 4.09. The SMILES string of the molecule is COc1ccc(C[C@H]2c3cc4c(cc3CCN2C)OCO4)c(CO)c1OC. The van der Waals surface area contributed by atoms with Gasteiger partial charge in [0, 0.05) is 18.2 Å². The second-order valence-corrected chi connectivity index (χ2v) is 6.95. The molecule has 6 heteroatoms. The van der Waals surface area contributed by atoms with Gasteiger partial charge in [-0.1, -0.05) is 6.07 Å². The molecule has 27 heavy (non-hydrogen) atoms. The molecule has 0 bridgehead atoms. The van der Waals surface area contributed by atoms with Gasteiger partial charge in [0.1, 0.15) is 0 Å². The van der Waals surface area contributed by atoms with Crippen molar-refractivity contribution in [3.05, 3.63) is 46.5 Å². The summed E-state index contributed by atoms with van der Waals surface area (Å²) in [6.07, 6.45) is 1.75. The van der Waals surface area contributed by atoms with Crippen LogP contribution in [0.1, 0.15) is 28.3 Å². The van der Waals surface area contributed by atoms with Crippen molar-refractivity contribution in [1.82, 2.24) is 4.90 Å². The fourth-order valence-electron chi connectivity index (χ4n) is 4.09. The van der Waals surface area contributed by atoms with Gasteiger partial charge in [0.2, 0.25) is 6.79 Å².